The maximum Gasteiger partial charge on any atom is 0.256 e. The van der Waals surface area contributed by atoms with Gasteiger partial charge in [0.15, 0.2) is 0 Å². The summed E-state index contributed by atoms with van der Waals surface area (Å²) < 4.78 is 13.7. The first-order chi connectivity index (χ1) is 15.2. The average molecular weight is 457 g/mol. The summed E-state index contributed by atoms with van der Waals surface area (Å²) >= 11 is 0. The molecule has 1 aromatic heterocycles. The number of aromatic amines is 1. The highest BCUT2D eigenvalue weighted by atomic mass is 28.3. The quantitative estimate of drug-likeness (QED) is 0.397. The molecule has 0 unspecified atom stereocenters. The standard InChI is InChI=1S/C24H33FN4O2Si/c1-6-29(11-12-32(4)5)10-9-26-24(31)22-15(2)21(27-16(22)3)14-19-18-13-17(25)7-8-20(18)28-23(19)30/h7-8,13-14,27,32H,6,9-12H2,1-5H3,(H,26,31)(H,28,30)/b19-14-. The summed E-state index contributed by atoms with van der Waals surface area (Å²) in [7, 11) is -0.584. The molecular weight excluding hydrogens is 423 g/mol. The molecule has 2 amide bonds. The van der Waals surface area contributed by atoms with E-state index in [0.29, 0.717) is 34.6 Å². The van der Waals surface area contributed by atoms with E-state index in [1.807, 2.05) is 13.8 Å². The van der Waals surface area contributed by atoms with Gasteiger partial charge in [-0.2, -0.15) is 0 Å². The van der Waals surface area contributed by atoms with Gasteiger partial charge in [0.25, 0.3) is 11.8 Å². The third-order valence-electron chi connectivity index (χ3n) is 5.94. The number of anilines is 1. The van der Waals surface area contributed by atoms with E-state index in [9.17, 15) is 14.0 Å². The van der Waals surface area contributed by atoms with E-state index in [2.05, 4.69) is 40.5 Å². The molecule has 6 nitrogen and oxygen atoms in total. The Hall–Kier alpha value is -2.71. The van der Waals surface area contributed by atoms with Crippen LogP contribution in [-0.4, -0.2) is 56.7 Å². The smallest absolute Gasteiger partial charge is 0.256 e. The van der Waals surface area contributed by atoms with Crippen LogP contribution in [0.25, 0.3) is 11.6 Å². The highest BCUT2D eigenvalue weighted by Gasteiger charge is 2.26. The number of carbonyl (C=O) groups is 2. The zero-order valence-corrected chi connectivity index (χ0v) is 20.7. The van der Waals surface area contributed by atoms with Crippen LogP contribution in [0, 0.1) is 19.7 Å². The highest BCUT2D eigenvalue weighted by molar-refractivity contribution is 6.55. The van der Waals surface area contributed by atoms with Crippen molar-refractivity contribution in [2.45, 2.75) is 39.9 Å². The Labute approximate surface area is 190 Å². The second-order valence-electron chi connectivity index (χ2n) is 8.74. The Morgan fingerprint density at radius 3 is 2.69 bits per heavy atom. The van der Waals surface area contributed by atoms with Crippen molar-refractivity contribution in [2.24, 2.45) is 0 Å². The second kappa shape index (κ2) is 10.3. The lowest BCUT2D eigenvalue weighted by Crippen LogP contribution is -2.36. The van der Waals surface area contributed by atoms with Crippen LogP contribution in [0.2, 0.25) is 19.1 Å². The number of hydrogen-bond donors (Lipinski definition) is 3. The van der Waals surface area contributed by atoms with Crippen molar-refractivity contribution in [3.05, 3.63) is 52.1 Å². The topological polar surface area (TPSA) is 77.2 Å². The SMILES string of the molecule is CCN(CCNC(=O)c1c(C)[nH]c(/C=C2\C(=O)Nc3ccc(F)cc32)c1C)CC[SiH](C)C. The predicted molar refractivity (Wildman–Crippen MR) is 131 cm³/mol. The molecule has 0 aliphatic carbocycles. The van der Waals surface area contributed by atoms with Crippen LogP contribution in [0.1, 0.15) is 39.8 Å². The molecule has 8 heteroatoms. The largest absolute Gasteiger partial charge is 0.358 e. The molecule has 0 bridgehead atoms. The van der Waals surface area contributed by atoms with Gasteiger partial charge in [0, 0.05) is 44.5 Å². The summed E-state index contributed by atoms with van der Waals surface area (Å²) in [6, 6.07) is 5.49. The van der Waals surface area contributed by atoms with E-state index >= 15 is 0 Å². The number of aromatic nitrogens is 1. The lowest BCUT2D eigenvalue weighted by atomic mass is 10.0. The number of aryl methyl sites for hydroxylation is 1. The van der Waals surface area contributed by atoms with E-state index in [4.69, 9.17) is 0 Å². The summed E-state index contributed by atoms with van der Waals surface area (Å²) in [5.41, 5.74) is 4.26. The van der Waals surface area contributed by atoms with Crippen LogP contribution in [0.15, 0.2) is 18.2 Å². The van der Waals surface area contributed by atoms with Crippen LogP contribution in [0.3, 0.4) is 0 Å². The van der Waals surface area contributed by atoms with Gasteiger partial charge in [-0.25, -0.2) is 4.39 Å². The number of amides is 2. The van der Waals surface area contributed by atoms with Gasteiger partial charge in [0.05, 0.1) is 11.1 Å². The summed E-state index contributed by atoms with van der Waals surface area (Å²) in [4.78, 5) is 30.9. The molecule has 3 N–H and O–H groups in total. The van der Waals surface area contributed by atoms with Crippen molar-refractivity contribution in [1.82, 2.24) is 15.2 Å². The molecule has 0 radical (unpaired) electrons. The van der Waals surface area contributed by atoms with Crippen molar-refractivity contribution in [3.8, 4) is 0 Å². The van der Waals surface area contributed by atoms with Crippen molar-refractivity contribution >= 4 is 37.9 Å². The Morgan fingerprint density at radius 1 is 1.25 bits per heavy atom. The van der Waals surface area contributed by atoms with E-state index in [0.717, 1.165) is 30.9 Å². The maximum atomic E-state index is 13.7. The fourth-order valence-corrected chi connectivity index (χ4v) is 4.87. The van der Waals surface area contributed by atoms with Gasteiger partial charge >= 0.3 is 0 Å². The first-order valence-electron chi connectivity index (χ1n) is 11.2. The van der Waals surface area contributed by atoms with Gasteiger partial charge in [-0.1, -0.05) is 20.0 Å². The third-order valence-corrected chi connectivity index (χ3v) is 7.35. The number of nitrogens with zero attached hydrogens (tertiary/aromatic N) is 1. The third kappa shape index (κ3) is 5.36. The number of likely N-dealkylation sites (N-methyl/N-ethyl adjacent to an activating group) is 1. The first-order valence-corrected chi connectivity index (χ1v) is 14.4. The molecule has 0 saturated carbocycles. The molecule has 2 heterocycles. The minimum Gasteiger partial charge on any atom is -0.358 e. The fourth-order valence-electron chi connectivity index (χ4n) is 3.99. The molecule has 0 saturated heterocycles. The predicted octanol–water partition coefficient (Wildman–Crippen LogP) is 3.80. The summed E-state index contributed by atoms with van der Waals surface area (Å²) in [5.74, 6) is -0.813. The van der Waals surface area contributed by atoms with Crippen LogP contribution in [0.4, 0.5) is 10.1 Å². The van der Waals surface area contributed by atoms with E-state index < -0.39 is 14.6 Å². The summed E-state index contributed by atoms with van der Waals surface area (Å²) in [6.07, 6.45) is 1.69. The van der Waals surface area contributed by atoms with Crippen LogP contribution >= 0.6 is 0 Å². The summed E-state index contributed by atoms with van der Waals surface area (Å²) in [5, 5.41) is 5.78. The molecule has 172 valence electrons. The number of rotatable bonds is 9. The number of hydrogen-bond acceptors (Lipinski definition) is 3. The van der Waals surface area contributed by atoms with E-state index in [1.54, 1.807) is 12.1 Å². The number of H-pyrrole nitrogens is 1. The van der Waals surface area contributed by atoms with Crippen molar-refractivity contribution in [2.75, 3.05) is 31.5 Å². The lowest BCUT2D eigenvalue weighted by Gasteiger charge is -2.21. The van der Waals surface area contributed by atoms with Crippen LogP contribution in [-0.2, 0) is 4.79 Å². The number of fused-ring (bicyclic) bond motifs is 1. The minimum atomic E-state index is -0.584. The van der Waals surface area contributed by atoms with E-state index in [-0.39, 0.29) is 11.8 Å². The molecule has 0 fully saturated rings. The number of carbonyl (C=O) groups excluding carboxylic acids is 2. The molecular formula is C24H33FN4O2Si. The minimum absolute atomic E-state index is 0.127. The number of benzene rings is 1. The Bertz CT molecular complexity index is 1040. The van der Waals surface area contributed by atoms with Crippen molar-refractivity contribution in [3.63, 3.8) is 0 Å². The lowest BCUT2D eigenvalue weighted by molar-refractivity contribution is -0.110. The molecule has 1 aliphatic heterocycles. The molecule has 0 spiro atoms. The molecule has 0 atom stereocenters. The first kappa shape index (κ1) is 23.9. The van der Waals surface area contributed by atoms with Crippen LogP contribution in [0.5, 0.6) is 0 Å². The van der Waals surface area contributed by atoms with Gasteiger partial charge < -0.3 is 20.5 Å². The average Bonchev–Trinajstić information content (AvgIpc) is 3.19. The fraction of sp³-hybridized carbons (Fsp3) is 0.417. The van der Waals surface area contributed by atoms with Gasteiger partial charge in [-0.3, -0.25) is 9.59 Å². The normalized spacial score (nSPS) is 14.4. The zero-order chi connectivity index (χ0) is 23.4. The Kier molecular flexibility index (Phi) is 7.68. The van der Waals surface area contributed by atoms with E-state index in [1.165, 1.54) is 18.2 Å². The zero-order valence-electron chi connectivity index (χ0n) is 19.6. The molecule has 32 heavy (non-hydrogen) atoms. The van der Waals surface area contributed by atoms with Crippen molar-refractivity contribution < 1.29 is 14.0 Å². The molecule has 3 rings (SSSR count). The number of nitrogens with one attached hydrogen (secondary N) is 3. The highest BCUT2D eigenvalue weighted by Crippen LogP contribution is 2.34. The molecule has 1 aromatic carbocycles. The van der Waals surface area contributed by atoms with Crippen LogP contribution < -0.4 is 10.6 Å². The van der Waals surface area contributed by atoms with Gasteiger partial charge in [0.1, 0.15) is 5.82 Å². The monoisotopic (exact) mass is 456 g/mol. The van der Waals surface area contributed by atoms with Crippen molar-refractivity contribution in [1.29, 1.82) is 0 Å². The summed E-state index contributed by atoms with van der Waals surface area (Å²) in [6.45, 7) is 14.0. The Morgan fingerprint density at radius 2 is 2.00 bits per heavy atom. The number of halogens is 1. The van der Waals surface area contributed by atoms with Gasteiger partial charge in [-0.15, -0.1) is 0 Å². The van der Waals surface area contributed by atoms with Gasteiger partial charge in [-0.05, 0) is 62.8 Å². The molecule has 2 aromatic rings. The molecule has 1 aliphatic rings. The van der Waals surface area contributed by atoms with Gasteiger partial charge in [0.2, 0.25) is 0 Å². The second-order valence-corrected chi connectivity index (χ2v) is 12.1. The Balaban J connectivity index is 1.73. The maximum absolute atomic E-state index is 13.7.